The lowest BCUT2D eigenvalue weighted by Crippen LogP contribution is -2.34. The van der Waals surface area contributed by atoms with E-state index in [2.05, 4.69) is 24.9 Å². The minimum atomic E-state index is -4.24. The zero-order valence-electron chi connectivity index (χ0n) is 20.0. The lowest BCUT2D eigenvalue weighted by Gasteiger charge is -2.21. The van der Waals surface area contributed by atoms with Crippen molar-refractivity contribution in [2.45, 2.75) is 31.1 Å². The van der Waals surface area contributed by atoms with E-state index in [0.29, 0.717) is 22.8 Å². The monoisotopic (exact) mass is 611 g/mol. The van der Waals surface area contributed by atoms with Crippen LogP contribution in [0.4, 0.5) is 5.82 Å². The molecule has 1 saturated heterocycles. The van der Waals surface area contributed by atoms with E-state index in [1.165, 1.54) is 10.9 Å². The average Bonchev–Trinajstić information content (AvgIpc) is 3.42. The number of rotatable bonds is 11. The highest BCUT2D eigenvalue weighted by atomic mass is 35.5. The SMILES string of the molecule is COP(=O)(O)CP(=O)(OC)OC[C@H]1O[C@@H](n2ncc3c(NCc4ccccc4Cl)nc(Cl)nc32)[C@H](O)[C@@H]1O. The standard InChI is InChI=1S/C20H25Cl2N5O9P2/c1-33-37(30,31)10-38(32,34-2)35-9-14-15(28)16(29)19(36-14)27-18-12(8-24-27)17(25-20(22)26-18)23-7-11-5-3-4-6-13(11)21/h3-6,8,14-16,19,28-29H,7,9-10H2,1-2H3,(H,30,31)(H,23,25,26)/t14-,15-,16-,19-,38?/m1/s1. The molecule has 0 bridgehead atoms. The first-order valence-electron chi connectivity index (χ1n) is 11.0. The molecule has 0 amide bonds. The van der Waals surface area contributed by atoms with Gasteiger partial charge in [-0.15, -0.1) is 0 Å². The molecule has 6 atom stereocenters. The number of nitrogens with one attached hydrogen (secondary N) is 1. The number of ether oxygens (including phenoxy) is 1. The van der Waals surface area contributed by atoms with E-state index in [9.17, 15) is 24.2 Å². The molecule has 0 saturated carbocycles. The van der Waals surface area contributed by atoms with Gasteiger partial charge in [0.2, 0.25) is 5.28 Å². The van der Waals surface area contributed by atoms with E-state index < -0.39 is 52.2 Å². The number of nitrogens with zero attached hydrogens (tertiary/aromatic N) is 4. The fourth-order valence-electron chi connectivity index (χ4n) is 3.72. The molecule has 1 aliphatic rings. The molecule has 3 heterocycles. The summed E-state index contributed by atoms with van der Waals surface area (Å²) in [6.07, 6.45) is -3.99. The number of aliphatic hydroxyl groups excluding tert-OH is 2. The van der Waals surface area contributed by atoms with Crippen molar-refractivity contribution in [3.05, 3.63) is 46.3 Å². The predicted octanol–water partition coefficient (Wildman–Crippen LogP) is 3.01. The maximum absolute atomic E-state index is 12.7. The van der Waals surface area contributed by atoms with Crippen molar-refractivity contribution in [3.8, 4) is 0 Å². The van der Waals surface area contributed by atoms with Gasteiger partial charge in [-0.1, -0.05) is 29.8 Å². The zero-order chi connectivity index (χ0) is 27.7. The molecule has 0 aliphatic carbocycles. The Kier molecular flexibility index (Phi) is 9.13. The van der Waals surface area contributed by atoms with E-state index in [1.54, 1.807) is 6.07 Å². The molecular weight excluding hydrogens is 587 g/mol. The van der Waals surface area contributed by atoms with Crippen LogP contribution in [0.15, 0.2) is 30.5 Å². The van der Waals surface area contributed by atoms with Gasteiger partial charge in [0.05, 0.1) is 18.2 Å². The second-order valence-electron chi connectivity index (χ2n) is 8.21. The largest absolute Gasteiger partial charge is 0.387 e. The van der Waals surface area contributed by atoms with Crippen LogP contribution in [0.1, 0.15) is 11.8 Å². The first-order chi connectivity index (χ1) is 18.0. The molecule has 2 unspecified atom stereocenters. The molecule has 4 rings (SSSR count). The van der Waals surface area contributed by atoms with Gasteiger partial charge in [0.25, 0.3) is 0 Å². The van der Waals surface area contributed by atoms with E-state index in [1.807, 2.05) is 18.2 Å². The molecule has 2 aromatic heterocycles. The summed E-state index contributed by atoms with van der Waals surface area (Å²) in [6.45, 7) is -0.208. The van der Waals surface area contributed by atoms with Gasteiger partial charge in [-0.05, 0) is 23.2 Å². The van der Waals surface area contributed by atoms with Crippen molar-refractivity contribution in [1.29, 1.82) is 0 Å². The van der Waals surface area contributed by atoms with Crippen LogP contribution < -0.4 is 5.32 Å². The highest BCUT2D eigenvalue weighted by Gasteiger charge is 2.46. The Morgan fingerprint density at radius 3 is 2.55 bits per heavy atom. The number of hydrogen-bond acceptors (Lipinski definition) is 12. The molecule has 18 heteroatoms. The molecule has 1 aliphatic heterocycles. The van der Waals surface area contributed by atoms with Crippen LogP contribution in [-0.2, 0) is 34.0 Å². The Hall–Kier alpha value is -1.67. The van der Waals surface area contributed by atoms with Gasteiger partial charge in [-0.3, -0.25) is 9.13 Å². The first-order valence-corrected chi connectivity index (χ1v) is 15.3. The summed E-state index contributed by atoms with van der Waals surface area (Å²) >= 11 is 12.4. The summed E-state index contributed by atoms with van der Waals surface area (Å²) in [5.41, 5.74) is 1.02. The van der Waals surface area contributed by atoms with Crippen LogP contribution in [0.2, 0.25) is 10.3 Å². The van der Waals surface area contributed by atoms with Crippen molar-refractivity contribution < 1.29 is 42.5 Å². The highest BCUT2D eigenvalue weighted by molar-refractivity contribution is 7.70. The van der Waals surface area contributed by atoms with E-state index in [4.69, 9.17) is 37.0 Å². The van der Waals surface area contributed by atoms with Crippen molar-refractivity contribution in [2.24, 2.45) is 0 Å². The van der Waals surface area contributed by atoms with Gasteiger partial charge in [0.1, 0.15) is 24.1 Å². The van der Waals surface area contributed by atoms with Crippen LogP contribution >= 0.6 is 38.4 Å². The number of hydrogen-bond donors (Lipinski definition) is 4. The number of fused-ring (bicyclic) bond motifs is 1. The zero-order valence-corrected chi connectivity index (χ0v) is 23.3. The van der Waals surface area contributed by atoms with E-state index in [-0.39, 0.29) is 10.9 Å². The quantitative estimate of drug-likeness (QED) is 0.183. The summed E-state index contributed by atoms with van der Waals surface area (Å²) in [6, 6.07) is 7.27. The Balaban J connectivity index is 1.52. The average molecular weight is 612 g/mol. The molecule has 3 aromatic rings. The third kappa shape index (κ3) is 6.38. The van der Waals surface area contributed by atoms with Crippen molar-refractivity contribution in [3.63, 3.8) is 0 Å². The summed E-state index contributed by atoms with van der Waals surface area (Å²) in [7, 11) is -6.31. The van der Waals surface area contributed by atoms with Crippen LogP contribution in [0.25, 0.3) is 11.0 Å². The van der Waals surface area contributed by atoms with Crippen LogP contribution in [-0.4, -0.2) is 79.9 Å². The highest BCUT2D eigenvalue weighted by Crippen LogP contribution is 2.60. The van der Waals surface area contributed by atoms with Crippen molar-refractivity contribution in [1.82, 2.24) is 19.7 Å². The molecular formula is C20H25Cl2N5O9P2. The van der Waals surface area contributed by atoms with Crippen LogP contribution in [0.5, 0.6) is 0 Å². The number of halogens is 2. The fourth-order valence-corrected chi connectivity index (χ4v) is 7.57. The minimum Gasteiger partial charge on any atom is -0.387 e. The number of anilines is 1. The lowest BCUT2D eigenvalue weighted by molar-refractivity contribution is -0.0544. The van der Waals surface area contributed by atoms with Gasteiger partial charge in [-0.2, -0.15) is 15.1 Å². The van der Waals surface area contributed by atoms with Gasteiger partial charge < -0.3 is 38.7 Å². The van der Waals surface area contributed by atoms with Crippen molar-refractivity contribution >= 4 is 55.2 Å². The third-order valence-electron chi connectivity index (χ3n) is 5.76. The Morgan fingerprint density at radius 2 is 1.87 bits per heavy atom. The maximum atomic E-state index is 12.7. The van der Waals surface area contributed by atoms with Gasteiger partial charge >= 0.3 is 15.2 Å². The molecule has 14 nitrogen and oxygen atoms in total. The normalized spacial score (nSPS) is 24.8. The second kappa shape index (κ2) is 11.8. The fraction of sp³-hybridized carbons (Fsp3) is 0.450. The van der Waals surface area contributed by atoms with Crippen LogP contribution in [0, 0.1) is 0 Å². The van der Waals surface area contributed by atoms with Gasteiger partial charge in [0, 0.05) is 25.8 Å². The summed E-state index contributed by atoms with van der Waals surface area (Å²) in [5.74, 6) is -0.558. The summed E-state index contributed by atoms with van der Waals surface area (Å²) in [5, 5.41) is 29.5. The van der Waals surface area contributed by atoms with E-state index in [0.717, 1.165) is 19.8 Å². The molecule has 38 heavy (non-hydrogen) atoms. The Labute approximate surface area is 226 Å². The molecule has 0 spiro atoms. The lowest BCUT2D eigenvalue weighted by atomic mass is 10.1. The van der Waals surface area contributed by atoms with Gasteiger partial charge in [0.15, 0.2) is 17.8 Å². The topological polar surface area (TPSA) is 187 Å². The Morgan fingerprint density at radius 1 is 1.13 bits per heavy atom. The minimum absolute atomic E-state index is 0.110. The number of aromatic nitrogens is 4. The predicted molar refractivity (Wildman–Crippen MR) is 137 cm³/mol. The summed E-state index contributed by atoms with van der Waals surface area (Å²) in [4.78, 5) is 18.0. The second-order valence-corrected chi connectivity index (χ2v) is 13.6. The smallest absolute Gasteiger partial charge is 0.342 e. The Bertz CT molecular complexity index is 1400. The van der Waals surface area contributed by atoms with Crippen molar-refractivity contribution in [2.75, 3.05) is 32.0 Å². The molecule has 0 radical (unpaired) electrons. The maximum Gasteiger partial charge on any atom is 0.342 e. The molecule has 208 valence electrons. The molecule has 1 fully saturated rings. The van der Waals surface area contributed by atoms with E-state index >= 15 is 0 Å². The molecule has 1 aromatic carbocycles. The molecule has 4 N–H and O–H groups in total. The first kappa shape index (κ1) is 29.3. The number of aliphatic hydroxyl groups is 2. The number of benzene rings is 1. The third-order valence-corrected chi connectivity index (χ3v) is 10.8. The van der Waals surface area contributed by atoms with Gasteiger partial charge in [-0.25, -0.2) is 4.68 Å². The summed E-state index contributed by atoms with van der Waals surface area (Å²) < 4.78 is 46.0. The van der Waals surface area contributed by atoms with Crippen LogP contribution in [0.3, 0.4) is 0 Å².